The van der Waals surface area contributed by atoms with Gasteiger partial charge in [-0.25, -0.2) is 13.6 Å². The fourth-order valence-corrected chi connectivity index (χ4v) is 4.30. The van der Waals surface area contributed by atoms with Crippen LogP contribution < -0.4 is 14.8 Å². The number of hydrogen-bond donors (Lipinski definition) is 1. The standard InChI is InChI=1S/C25H39N3O4S/c1-5-7-14-28(15-8-6-2)23-18-21(20-27(3)16-17-31-4)19-24(33(26,29)30)25(23)32-22-12-10-9-11-13-22/h9-13,18-19H,5-8,14-17,20H2,1-4H3,(H2,26,29,30). The summed E-state index contributed by atoms with van der Waals surface area (Å²) in [6.07, 6.45) is 4.08. The van der Waals surface area contributed by atoms with Gasteiger partial charge in [0.05, 0.1) is 12.3 Å². The fourth-order valence-electron chi connectivity index (χ4n) is 3.58. The van der Waals surface area contributed by atoms with Crippen molar-refractivity contribution < 1.29 is 17.9 Å². The first-order valence-corrected chi connectivity index (χ1v) is 13.2. The van der Waals surface area contributed by atoms with Crippen molar-refractivity contribution in [3.05, 3.63) is 48.0 Å². The van der Waals surface area contributed by atoms with Crippen molar-refractivity contribution in [2.45, 2.75) is 51.0 Å². The van der Waals surface area contributed by atoms with Gasteiger partial charge in [-0.05, 0) is 49.7 Å². The highest BCUT2D eigenvalue weighted by Crippen LogP contribution is 2.40. The summed E-state index contributed by atoms with van der Waals surface area (Å²) in [5.41, 5.74) is 1.63. The Morgan fingerprint density at radius 1 is 0.970 bits per heavy atom. The molecule has 0 spiro atoms. The minimum absolute atomic E-state index is 0.0111. The molecule has 2 aromatic rings. The van der Waals surface area contributed by atoms with Gasteiger partial charge in [0.2, 0.25) is 10.0 Å². The van der Waals surface area contributed by atoms with Crippen LogP contribution in [-0.2, 0) is 21.3 Å². The largest absolute Gasteiger partial charge is 0.454 e. The molecule has 0 bridgehead atoms. The Balaban J connectivity index is 2.63. The monoisotopic (exact) mass is 477 g/mol. The van der Waals surface area contributed by atoms with Gasteiger partial charge in [-0.3, -0.25) is 4.90 Å². The molecule has 0 atom stereocenters. The van der Waals surface area contributed by atoms with E-state index >= 15 is 0 Å². The lowest BCUT2D eigenvalue weighted by Gasteiger charge is -2.29. The van der Waals surface area contributed by atoms with Gasteiger partial charge in [0, 0.05) is 33.3 Å². The van der Waals surface area contributed by atoms with Gasteiger partial charge in [0.1, 0.15) is 10.6 Å². The zero-order valence-corrected chi connectivity index (χ0v) is 21.2. The number of unbranched alkanes of at least 4 members (excludes halogenated alkanes) is 2. The second kappa shape index (κ2) is 13.5. The number of primary sulfonamides is 1. The number of likely N-dealkylation sites (N-methyl/N-ethyl adjacent to an activating group) is 1. The minimum atomic E-state index is -4.02. The molecule has 33 heavy (non-hydrogen) atoms. The van der Waals surface area contributed by atoms with Gasteiger partial charge in [-0.1, -0.05) is 44.9 Å². The zero-order chi connectivity index (χ0) is 24.3. The third kappa shape index (κ3) is 8.62. The Morgan fingerprint density at radius 3 is 2.15 bits per heavy atom. The summed E-state index contributed by atoms with van der Waals surface area (Å²) in [6.45, 7) is 7.82. The highest BCUT2D eigenvalue weighted by molar-refractivity contribution is 7.89. The molecule has 2 rings (SSSR count). The number of hydrogen-bond acceptors (Lipinski definition) is 6. The molecule has 8 heteroatoms. The average Bonchev–Trinajstić information content (AvgIpc) is 2.78. The maximum Gasteiger partial charge on any atom is 0.241 e. The van der Waals surface area contributed by atoms with Gasteiger partial charge < -0.3 is 14.4 Å². The Morgan fingerprint density at radius 2 is 1.61 bits per heavy atom. The molecule has 0 aliphatic carbocycles. The molecule has 0 unspecified atom stereocenters. The van der Waals surface area contributed by atoms with Gasteiger partial charge in [0.15, 0.2) is 5.75 Å². The first-order valence-electron chi connectivity index (χ1n) is 11.6. The van der Waals surface area contributed by atoms with Crippen LogP contribution >= 0.6 is 0 Å². The van der Waals surface area contributed by atoms with E-state index in [9.17, 15) is 8.42 Å². The number of rotatable bonds is 15. The molecule has 0 saturated carbocycles. The van der Waals surface area contributed by atoms with E-state index < -0.39 is 10.0 Å². The van der Waals surface area contributed by atoms with Crippen molar-refractivity contribution in [2.75, 3.05) is 45.3 Å². The zero-order valence-electron chi connectivity index (χ0n) is 20.4. The van der Waals surface area contributed by atoms with E-state index in [4.69, 9.17) is 14.6 Å². The Bertz CT molecular complexity index is 944. The van der Waals surface area contributed by atoms with E-state index in [-0.39, 0.29) is 4.90 Å². The highest BCUT2D eigenvalue weighted by atomic mass is 32.2. The van der Waals surface area contributed by atoms with E-state index in [0.29, 0.717) is 24.7 Å². The summed E-state index contributed by atoms with van der Waals surface area (Å²) in [6, 6.07) is 12.9. The van der Waals surface area contributed by atoms with Crippen molar-refractivity contribution in [1.82, 2.24) is 4.90 Å². The van der Waals surface area contributed by atoms with Gasteiger partial charge in [-0.2, -0.15) is 0 Å². The SMILES string of the molecule is CCCCN(CCCC)c1cc(CN(C)CCOC)cc(S(N)(=O)=O)c1Oc1ccccc1. The molecule has 0 radical (unpaired) electrons. The first-order chi connectivity index (χ1) is 15.8. The summed E-state index contributed by atoms with van der Waals surface area (Å²) < 4.78 is 36.8. The van der Waals surface area contributed by atoms with E-state index in [1.54, 1.807) is 13.2 Å². The van der Waals surface area contributed by atoms with Crippen LogP contribution in [0.2, 0.25) is 0 Å². The number of nitrogens with two attached hydrogens (primary N) is 1. The molecule has 0 aromatic heterocycles. The first kappa shape index (κ1) is 27.1. The molecule has 184 valence electrons. The topological polar surface area (TPSA) is 85.1 Å². The molecule has 0 amide bonds. The maximum atomic E-state index is 12.7. The lowest BCUT2D eigenvalue weighted by Crippen LogP contribution is -2.28. The number of methoxy groups -OCH3 is 1. The average molecular weight is 478 g/mol. The van der Waals surface area contributed by atoms with Gasteiger partial charge in [-0.15, -0.1) is 0 Å². The molecular formula is C25H39N3O4S. The van der Waals surface area contributed by atoms with E-state index in [1.807, 2.05) is 43.4 Å². The molecular weight excluding hydrogens is 438 g/mol. The number of benzene rings is 2. The Hall–Kier alpha value is -2.13. The number of nitrogens with zero attached hydrogens (tertiary/aromatic N) is 2. The second-order valence-electron chi connectivity index (χ2n) is 8.33. The smallest absolute Gasteiger partial charge is 0.241 e. The Labute approximate surface area is 199 Å². The summed E-state index contributed by atoms with van der Waals surface area (Å²) >= 11 is 0. The number of anilines is 1. The van der Waals surface area contributed by atoms with Crippen LogP contribution in [-0.4, -0.2) is 53.7 Å². The van der Waals surface area contributed by atoms with Crippen LogP contribution in [0.5, 0.6) is 11.5 Å². The van der Waals surface area contributed by atoms with Crippen LogP contribution in [0.1, 0.15) is 45.1 Å². The fraction of sp³-hybridized carbons (Fsp3) is 0.520. The predicted molar refractivity (Wildman–Crippen MR) is 135 cm³/mol. The molecule has 0 aliphatic heterocycles. The molecule has 7 nitrogen and oxygen atoms in total. The summed E-state index contributed by atoms with van der Waals surface area (Å²) in [4.78, 5) is 4.34. The number of para-hydroxylation sites is 1. The normalized spacial score (nSPS) is 11.7. The quantitative estimate of drug-likeness (QED) is 0.403. The van der Waals surface area contributed by atoms with Crippen molar-refractivity contribution in [3.63, 3.8) is 0 Å². The van der Waals surface area contributed by atoms with Crippen LogP contribution in [0.15, 0.2) is 47.4 Å². The summed E-state index contributed by atoms with van der Waals surface area (Å²) in [5, 5.41) is 5.70. The molecule has 0 heterocycles. The van der Waals surface area contributed by atoms with Crippen LogP contribution in [0.4, 0.5) is 5.69 Å². The lowest BCUT2D eigenvalue weighted by molar-refractivity contribution is 0.158. The second-order valence-corrected chi connectivity index (χ2v) is 9.86. The lowest BCUT2D eigenvalue weighted by atomic mass is 10.1. The van der Waals surface area contributed by atoms with E-state index in [2.05, 4.69) is 23.6 Å². The third-order valence-corrected chi connectivity index (χ3v) is 6.31. The maximum absolute atomic E-state index is 12.7. The molecule has 0 saturated heterocycles. The molecule has 0 aliphatic rings. The van der Waals surface area contributed by atoms with Gasteiger partial charge in [0.25, 0.3) is 0 Å². The predicted octanol–water partition coefficient (Wildman–Crippen LogP) is 4.61. The van der Waals surface area contributed by atoms with E-state index in [1.165, 1.54) is 0 Å². The van der Waals surface area contributed by atoms with Crippen molar-refractivity contribution in [3.8, 4) is 11.5 Å². The summed E-state index contributed by atoms with van der Waals surface area (Å²) in [7, 11) is -0.372. The van der Waals surface area contributed by atoms with Crippen LogP contribution in [0.3, 0.4) is 0 Å². The molecule has 0 fully saturated rings. The molecule has 2 aromatic carbocycles. The van der Waals surface area contributed by atoms with Crippen LogP contribution in [0.25, 0.3) is 0 Å². The minimum Gasteiger partial charge on any atom is -0.454 e. The summed E-state index contributed by atoms with van der Waals surface area (Å²) in [5.74, 6) is 0.860. The highest BCUT2D eigenvalue weighted by Gasteiger charge is 2.25. The Kier molecular flexibility index (Phi) is 11.1. The number of ether oxygens (including phenoxy) is 2. The van der Waals surface area contributed by atoms with E-state index in [0.717, 1.165) is 56.6 Å². The third-order valence-electron chi connectivity index (χ3n) is 5.40. The van der Waals surface area contributed by atoms with Crippen molar-refractivity contribution >= 4 is 15.7 Å². The number of sulfonamides is 1. The van der Waals surface area contributed by atoms with Gasteiger partial charge >= 0.3 is 0 Å². The molecule has 2 N–H and O–H groups in total. The van der Waals surface area contributed by atoms with Crippen molar-refractivity contribution in [2.24, 2.45) is 5.14 Å². The van der Waals surface area contributed by atoms with Crippen LogP contribution in [0, 0.1) is 0 Å². The van der Waals surface area contributed by atoms with Crippen molar-refractivity contribution in [1.29, 1.82) is 0 Å².